The standard InChI is InChI=1S/C11H17NO4/c1-2-7(5-6-13)12-10(14)8-3-4-9(16-8)11(12)15/h7-9,13H,2-6H2,1H3. The van der Waals surface area contributed by atoms with Gasteiger partial charge in [0.05, 0.1) is 0 Å². The number of hydrogen-bond donors (Lipinski definition) is 1. The fourth-order valence-electron chi connectivity index (χ4n) is 2.44. The van der Waals surface area contributed by atoms with Crippen LogP contribution in [-0.2, 0) is 14.3 Å². The van der Waals surface area contributed by atoms with E-state index in [4.69, 9.17) is 9.84 Å². The van der Waals surface area contributed by atoms with Gasteiger partial charge >= 0.3 is 0 Å². The molecule has 2 fully saturated rings. The number of hydrogen-bond acceptors (Lipinski definition) is 4. The van der Waals surface area contributed by atoms with Crippen LogP contribution in [0.15, 0.2) is 0 Å². The van der Waals surface area contributed by atoms with E-state index in [1.807, 2.05) is 6.92 Å². The summed E-state index contributed by atoms with van der Waals surface area (Å²) in [6.07, 6.45) is 1.54. The molecule has 0 aromatic carbocycles. The second-order valence-corrected chi connectivity index (χ2v) is 4.31. The van der Waals surface area contributed by atoms with Crippen molar-refractivity contribution in [2.75, 3.05) is 6.61 Å². The Labute approximate surface area is 94.4 Å². The Morgan fingerprint density at radius 2 is 1.94 bits per heavy atom. The molecule has 2 aliphatic rings. The normalized spacial score (nSPS) is 31.0. The predicted octanol–water partition coefficient (Wildman–Crippen LogP) is 0.0638. The number of aliphatic hydroxyl groups is 1. The van der Waals surface area contributed by atoms with Gasteiger partial charge in [0.25, 0.3) is 11.8 Å². The summed E-state index contributed by atoms with van der Waals surface area (Å²) in [5, 5.41) is 8.94. The topological polar surface area (TPSA) is 66.8 Å². The molecule has 0 aliphatic carbocycles. The third kappa shape index (κ3) is 1.74. The van der Waals surface area contributed by atoms with E-state index in [-0.39, 0.29) is 24.5 Å². The minimum Gasteiger partial charge on any atom is -0.396 e. The number of imide groups is 1. The number of fused-ring (bicyclic) bond motifs is 2. The van der Waals surface area contributed by atoms with Gasteiger partial charge < -0.3 is 9.84 Å². The highest BCUT2D eigenvalue weighted by Gasteiger charge is 2.48. The average molecular weight is 227 g/mol. The maximum atomic E-state index is 12.0. The third-order valence-electron chi connectivity index (χ3n) is 3.34. The number of likely N-dealkylation sites (tertiary alicyclic amines) is 1. The molecule has 0 saturated carbocycles. The van der Waals surface area contributed by atoms with Crippen molar-refractivity contribution in [1.82, 2.24) is 4.90 Å². The highest BCUT2D eigenvalue weighted by molar-refractivity contribution is 6.02. The zero-order valence-electron chi connectivity index (χ0n) is 9.39. The van der Waals surface area contributed by atoms with Crippen LogP contribution in [0.4, 0.5) is 0 Å². The molecule has 5 nitrogen and oxygen atoms in total. The molecule has 90 valence electrons. The van der Waals surface area contributed by atoms with Crippen molar-refractivity contribution < 1.29 is 19.4 Å². The first-order valence-corrected chi connectivity index (χ1v) is 5.82. The monoisotopic (exact) mass is 227 g/mol. The van der Waals surface area contributed by atoms with Crippen LogP contribution in [0.2, 0.25) is 0 Å². The molecule has 0 aromatic heterocycles. The highest BCUT2D eigenvalue weighted by atomic mass is 16.5. The zero-order valence-corrected chi connectivity index (χ0v) is 9.39. The summed E-state index contributed by atoms with van der Waals surface area (Å²) in [4.78, 5) is 25.3. The van der Waals surface area contributed by atoms with E-state index in [1.165, 1.54) is 4.90 Å². The minimum absolute atomic E-state index is 0.00818. The fraction of sp³-hybridized carbons (Fsp3) is 0.818. The van der Waals surface area contributed by atoms with Gasteiger partial charge in [0.15, 0.2) is 0 Å². The molecule has 1 N–H and O–H groups in total. The van der Waals surface area contributed by atoms with Gasteiger partial charge in [0, 0.05) is 12.6 Å². The van der Waals surface area contributed by atoms with Gasteiger partial charge in [-0.05, 0) is 25.7 Å². The fourth-order valence-corrected chi connectivity index (χ4v) is 2.44. The van der Waals surface area contributed by atoms with E-state index in [1.54, 1.807) is 0 Å². The summed E-state index contributed by atoms with van der Waals surface area (Å²) in [7, 11) is 0. The SMILES string of the molecule is CCC(CCO)N1C(=O)C2CCC(O2)C1=O. The maximum Gasteiger partial charge on any atom is 0.258 e. The summed E-state index contributed by atoms with van der Waals surface area (Å²) in [6.45, 7) is 1.91. The molecule has 3 atom stereocenters. The summed E-state index contributed by atoms with van der Waals surface area (Å²) in [6, 6.07) is -0.183. The van der Waals surface area contributed by atoms with Gasteiger partial charge in [-0.3, -0.25) is 14.5 Å². The predicted molar refractivity (Wildman–Crippen MR) is 55.5 cm³/mol. The number of rotatable bonds is 4. The van der Waals surface area contributed by atoms with Crippen molar-refractivity contribution in [1.29, 1.82) is 0 Å². The maximum absolute atomic E-state index is 12.0. The van der Waals surface area contributed by atoms with Gasteiger partial charge in [-0.25, -0.2) is 0 Å². The van der Waals surface area contributed by atoms with Crippen molar-refractivity contribution in [3.05, 3.63) is 0 Å². The molecule has 2 aliphatic heterocycles. The van der Waals surface area contributed by atoms with Crippen molar-refractivity contribution >= 4 is 11.8 Å². The summed E-state index contributed by atoms with van der Waals surface area (Å²) in [5.74, 6) is -0.446. The molecule has 0 spiro atoms. The number of carbonyl (C=O) groups excluding carboxylic acids is 2. The molecule has 2 amide bonds. The molecular weight excluding hydrogens is 210 g/mol. The van der Waals surface area contributed by atoms with E-state index in [2.05, 4.69) is 0 Å². The molecular formula is C11H17NO4. The summed E-state index contributed by atoms with van der Waals surface area (Å²) < 4.78 is 5.32. The number of morpholine rings is 1. The second kappa shape index (κ2) is 4.51. The molecule has 2 bridgehead atoms. The van der Waals surface area contributed by atoms with Gasteiger partial charge in [0.1, 0.15) is 12.2 Å². The van der Waals surface area contributed by atoms with Crippen molar-refractivity contribution in [2.24, 2.45) is 0 Å². The quantitative estimate of drug-likeness (QED) is 0.690. The Morgan fingerprint density at radius 1 is 1.38 bits per heavy atom. The molecule has 3 unspecified atom stereocenters. The van der Waals surface area contributed by atoms with E-state index in [9.17, 15) is 9.59 Å². The largest absolute Gasteiger partial charge is 0.396 e. The summed E-state index contributed by atoms with van der Waals surface area (Å²) in [5.41, 5.74) is 0. The van der Waals surface area contributed by atoms with E-state index in [0.717, 1.165) is 0 Å². The lowest BCUT2D eigenvalue weighted by Crippen LogP contribution is -2.55. The Bertz CT molecular complexity index is 282. The first-order valence-electron chi connectivity index (χ1n) is 5.82. The Kier molecular flexibility index (Phi) is 3.25. The van der Waals surface area contributed by atoms with Crippen LogP contribution in [0.25, 0.3) is 0 Å². The van der Waals surface area contributed by atoms with Crippen molar-refractivity contribution in [3.63, 3.8) is 0 Å². The first-order chi connectivity index (χ1) is 7.69. The lowest BCUT2D eigenvalue weighted by Gasteiger charge is -2.35. The molecule has 16 heavy (non-hydrogen) atoms. The van der Waals surface area contributed by atoms with Gasteiger partial charge in [0.2, 0.25) is 0 Å². The van der Waals surface area contributed by atoms with Crippen LogP contribution in [0, 0.1) is 0 Å². The average Bonchev–Trinajstić information content (AvgIpc) is 2.72. The number of carbonyl (C=O) groups is 2. The van der Waals surface area contributed by atoms with Gasteiger partial charge in [-0.15, -0.1) is 0 Å². The van der Waals surface area contributed by atoms with Crippen LogP contribution < -0.4 is 0 Å². The van der Waals surface area contributed by atoms with Gasteiger partial charge in [-0.2, -0.15) is 0 Å². The second-order valence-electron chi connectivity index (χ2n) is 4.31. The van der Waals surface area contributed by atoms with Crippen molar-refractivity contribution in [3.8, 4) is 0 Å². The van der Waals surface area contributed by atoms with Crippen LogP contribution in [0.1, 0.15) is 32.6 Å². The molecule has 2 heterocycles. The molecule has 0 aromatic rings. The lowest BCUT2D eigenvalue weighted by atomic mass is 10.1. The van der Waals surface area contributed by atoms with Crippen LogP contribution in [-0.4, -0.2) is 46.7 Å². The lowest BCUT2D eigenvalue weighted by molar-refractivity contribution is -0.172. The molecule has 2 rings (SSSR count). The van der Waals surface area contributed by atoms with E-state index in [0.29, 0.717) is 25.7 Å². The first kappa shape index (κ1) is 11.5. The zero-order chi connectivity index (χ0) is 11.7. The summed E-state index contributed by atoms with van der Waals surface area (Å²) >= 11 is 0. The van der Waals surface area contributed by atoms with Crippen LogP contribution in [0.5, 0.6) is 0 Å². The number of nitrogens with zero attached hydrogens (tertiary/aromatic N) is 1. The molecule has 0 radical (unpaired) electrons. The van der Waals surface area contributed by atoms with Crippen molar-refractivity contribution in [2.45, 2.75) is 50.9 Å². The number of amides is 2. The smallest absolute Gasteiger partial charge is 0.258 e. The van der Waals surface area contributed by atoms with Gasteiger partial charge in [-0.1, -0.05) is 6.92 Å². The van der Waals surface area contributed by atoms with Crippen LogP contribution >= 0.6 is 0 Å². The van der Waals surface area contributed by atoms with E-state index >= 15 is 0 Å². The Balaban J connectivity index is 2.18. The Hall–Kier alpha value is -0.940. The minimum atomic E-state index is -0.435. The number of aliphatic hydroxyl groups excluding tert-OH is 1. The highest BCUT2D eigenvalue weighted by Crippen LogP contribution is 2.30. The van der Waals surface area contributed by atoms with E-state index < -0.39 is 12.2 Å². The number of ether oxygens (including phenoxy) is 1. The molecule has 5 heteroatoms. The molecule has 2 saturated heterocycles. The Morgan fingerprint density at radius 3 is 2.38 bits per heavy atom. The van der Waals surface area contributed by atoms with Crippen LogP contribution in [0.3, 0.4) is 0 Å². The third-order valence-corrected chi connectivity index (χ3v) is 3.34.